The fourth-order valence-electron chi connectivity index (χ4n) is 2.84. The number of hydrogen-bond donors (Lipinski definition) is 1. The molecule has 1 heterocycles. The predicted octanol–water partition coefficient (Wildman–Crippen LogP) is 3.57. The molecule has 1 saturated heterocycles. The number of halogens is 2. The van der Waals surface area contributed by atoms with Crippen molar-refractivity contribution in [1.29, 1.82) is 0 Å². The third kappa shape index (κ3) is 5.27. The summed E-state index contributed by atoms with van der Waals surface area (Å²) in [5, 5.41) is 3.11. The van der Waals surface area contributed by atoms with Crippen LogP contribution in [0.15, 0.2) is 47.4 Å². The summed E-state index contributed by atoms with van der Waals surface area (Å²) >= 11 is 11.8. The van der Waals surface area contributed by atoms with Crippen LogP contribution in [0.25, 0.3) is 0 Å². The molecule has 1 fully saturated rings. The van der Waals surface area contributed by atoms with Crippen molar-refractivity contribution in [2.45, 2.75) is 17.7 Å². The van der Waals surface area contributed by atoms with Crippen molar-refractivity contribution in [2.24, 2.45) is 0 Å². The lowest BCUT2D eigenvalue weighted by Crippen LogP contribution is -2.28. The summed E-state index contributed by atoms with van der Waals surface area (Å²) in [5.41, 5.74) is 0.374. The van der Waals surface area contributed by atoms with Crippen molar-refractivity contribution in [3.05, 3.63) is 58.1 Å². The number of benzene rings is 2. The highest BCUT2D eigenvalue weighted by molar-refractivity contribution is 7.89. The predicted molar refractivity (Wildman–Crippen MR) is 110 cm³/mol. The summed E-state index contributed by atoms with van der Waals surface area (Å²) in [6.07, 6.45) is 1.59. The number of esters is 1. The maximum Gasteiger partial charge on any atom is 0.340 e. The van der Waals surface area contributed by atoms with Gasteiger partial charge >= 0.3 is 5.97 Å². The molecule has 2 aromatic rings. The van der Waals surface area contributed by atoms with Crippen LogP contribution in [-0.2, 0) is 19.6 Å². The quantitative estimate of drug-likeness (QED) is 0.670. The molecule has 0 saturated carbocycles. The number of ether oxygens (including phenoxy) is 1. The molecule has 0 spiro atoms. The Morgan fingerprint density at radius 3 is 2.34 bits per heavy atom. The van der Waals surface area contributed by atoms with Crippen molar-refractivity contribution in [1.82, 2.24) is 4.31 Å². The number of hydrogen-bond acceptors (Lipinski definition) is 5. The molecule has 3 rings (SSSR count). The first-order valence-corrected chi connectivity index (χ1v) is 11.0. The van der Waals surface area contributed by atoms with Crippen LogP contribution >= 0.6 is 23.2 Å². The van der Waals surface area contributed by atoms with Gasteiger partial charge in [-0.05, 0) is 55.3 Å². The first-order chi connectivity index (χ1) is 13.8. The van der Waals surface area contributed by atoms with Gasteiger partial charge in [-0.25, -0.2) is 13.2 Å². The largest absolute Gasteiger partial charge is 0.452 e. The van der Waals surface area contributed by atoms with Gasteiger partial charge in [0.2, 0.25) is 10.0 Å². The van der Waals surface area contributed by atoms with Gasteiger partial charge in [0, 0.05) is 23.8 Å². The minimum Gasteiger partial charge on any atom is -0.452 e. The molecule has 2 aromatic carbocycles. The molecule has 7 nitrogen and oxygen atoms in total. The molecule has 1 N–H and O–H groups in total. The zero-order chi connectivity index (χ0) is 21.0. The highest BCUT2D eigenvalue weighted by Gasteiger charge is 2.28. The molecule has 0 aromatic heterocycles. The minimum atomic E-state index is -3.71. The zero-order valence-corrected chi connectivity index (χ0v) is 17.6. The van der Waals surface area contributed by atoms with E-state index in [0.29, 0.717) is 23.8 Å². The van der Waals surface area contributed by atoms with Gasteiger partial charge in [-0.15, -0.1) is 0 Å². The van der Waals surface area contributed by atoms with Gasteiger partial charge in [0.05, 0.1) is 15.5 Å². The highest BCUT2D eigenvalue weighted by Crippen LogP contribution is 2.25. The molecule has 0 radical (unpaired) electrons. The van der Waals surface area contributed by atoms with E-state index in [-0.39, 0.29) is 15.5 Å². The second-order valence-electron chi connectivity index (χ2n) is 6.38. The minimum absolute atomic E-state index is 0.0356. The third-order valence-electron chi connectivity index (χ3n) is 4.32. The third-order valence-corrected chi connectivity index (χ3v) is 6.80. The average Bonchev–Trinajstić information content (AvgIpc) is 3.24. The lowest BCUT2D eigenvalue weighted by molar-refractivity contribution is -0.119. The van der Waals surface area contributed by atoms with Gasteiger partial charge in [0.25, 0.3) is 5.91 Å². The molecule has 1 aliphatic rings. The summed E-state index contributed by atoms with van der Waals surface area (Å²) in [7, 11) is -3.71. The van der Waals surface area contributed by atoms with Gasteiger partial charge < -0.3 is 10.1 Å². The summed E-state index contributed by atoms with van der Waals surface area (Å²) in [6, 6.07) is 10.3. The van der Waals surface area contributed by atoms with E-state index >= 15 is 0 Å². The molecule has 10 heteroatoms. The Bertz CT molecular complexity index is 1020. The van der Waals surface area contributed by atoms with E-state index in [1.165, 1.54) is 22.5 Å². The molecular formula is C19H18Cl2N2O5S. The van der Waals surface area contributed by atoms with Crippen LogP contribution in [-0.4, -0.2) is 44.3 Å². The molecule has 0 bridgehead atoms. The lowest BCUT2D eigenvalue weighted by Gasteiger charge is -2.16. The average molecular weight is 457 g/mol. The summed E-state index contributed by atoms with van der Waals surface area (Å²) < 4.78 is 31.7. The number of nitrogens with zero attached hydrogens (tertiary/aromatic N) is 1. The van der Waals surface area contributed by atoms with Gasteiger partial charge in [-0.2, -0.15) is 4.31 Å². The van der Waals surface area contributed by atoms with Crippen LogP contribution < -0.4 is 5.32 Å². The SMILES string of the molecule is O=C(COC(=O)c1cc(S(=O)(=O)N2CCCC2)ccc1Cl)Nc1ccc(Cl)cc1. The lowest BCUT2D eigenvalue weighted by atomic mass is 10.2. The first kappa shape index (κ1) is 21.6. The number of anilines is 1. The maximum absolute atomic E-state index is 12.7. The van der Waals surface area contributed by atoms with E-state index in [0.717, 1.165) is 12.8 Å². The van der Waals surface area contributed by atoms with Crippen molar-refractivity contribution in [3.63, 3.8) is 0 Å². The number of rotatable bonds is 6. The van der Waals surface area contributed by atoms with Crippen LogP contribution in [0.3, 0.4) is 0 Å². The number of sulfonamides is 1. The Balaban J connectivity index is 1.67. The molecular weight excluding hydrogens is 439 g/mol. The smallest absolute Gasteiger partial charge is 0.340 e. The van der Waals surface area contributed by atoms with Gasteiger partial charge in [0.15, 0.2) is 6.61 Å². The first-order valence-electron chi connectivity index (χ1n) is 8.79. The van der Waals surface area contributed by atoms with E-state index in [4.69, 9.17) is 27.9 Å². The molecule has 29 heavy (non-hydrogen) atoms. The van der Waals surface area contributed by atoms with Crippen LogP contribution in [0, 0.1) is 0 Å². The number of carbonyl (C=O) groups excluding carboxylic acids is 2. The summed E-state index contributed by atoms with van der Waals surface area (Å²) in [4.78, 5) is 24.3. The monoisotopic (exact) mass is 456 g/mol. The van der Waals surface area contributed by atoms with E-state index < -0.39 is 28.5 Å². The maximum atomic E-state index is 12.7. The van der Waals surface area contributed by atoms with Crippen LogP contribution in [0.2, 0.25) is 10.0 Å². The number of amides is 1. The zero-order valence-electron chi connectivity index (χ0n) is 15.2. The molecule has 1 aliphatic heterocycles. The Hall–Kier alpha value is -2.13. The number of carbonyl (C=O) groups is 2. The van der Waals surface area contributed by atoms with Crippen molar-refractivity contribution >= 4 is 50.8 Å². The second kappa shape index (κ2) is 9.13. The van der Waals surface area contributed by atoms with Crippen LogP contribution in [0.4, 0.5) is 5.69 Å². The van der Waals surface area contributed by atoms with Crippen LogP contribution in [0.5, 0.6) is 0 Å². The second-order valence-corrected chi connectivity index (χ2v) is 9.17. The van der Waals surface area contributed by atoms with Gasteiger partial charge in [-0.1, -0.05) is 23.2 Å². The van der Waals surface area contributed by atoms with Crippen molar-refractivity contribution in [2.75, 3.05) is 25.0 Å². The standard InChI is InChI=1S/C19H18Cl2N2O5S/c20-13-3-5-14(6-4-13)22-18(24)12-28-19(25)16-11-15(7-8-17(16)21)29(26,27)23-9-1-2-10-23/h3-8,11H,1-2,9-10,12H2,(H,22,24). The molecule has 0 unspecified atom stereocenters. The van der Waals surface area contributed by atoms with Crippen LogP contribution in [0.1, 0.15) is 23.2 Å². The van der Waals surface area contributed by atoms with Crippen molar-refractivity contribution in [3.8, 4) is 0 Å². The molecule has 0 aliphatic carbocycles. The summed E-state index contributed by atoms with van der Waals surface area (Å²) in [6.45, 7) is 0.326. The normalized spacial score (nSPS) is 14.6. The van der Waals surface area contributed by atoms with E-state index in [9.17, 15) is 18.0 Å². The molecule has 154 valence electrons. The Labute approximate surface area is 178 Å². The Morgan fingerprint density at radius 2 is 1.69 bits per heavy atom. The van der Waals surface area contributed by atoms with E-state index in [1.807, 2.05) is 0 Å². The van der Waals surface area contributed by atoms with E-state index in [2.05, 4.69) is 5.32 Å². The topological polar surface area (TPSA) is 92.8 Å². The highest BCUT2D eigenvalue weighted by atomic mass is 35.5. The fraction of sp³-hybridized carbons (Fsp3) is 0.263. The molecule has 1 amide bonds. The fourth-order valence-corrected chi connectivity index (χ4v) is 4.70. The van der Waals surface area contributed by atoms with Gasteiger partial charge in [0.1, 0.15) is 0 Å². The molecule has 0 atom stereocenters. The summed E-state index contributed by atoms with van der Waals surface area (Å²) in [5.74, 6) is -1.45. The van der Waals surface area contributed by atoms with Gasteiger partial charge in [-0.3, -0.25) is 4.79 Å². The Morgan fingerprint density at radius 1 is 1.03 bits per heavy atom. The number of nitrogens with one attached hydrogen (secondary N) is 1. The van der Waals surface area contributed by atoms with Crippen molar-refractivity contribution < 1.29 is 22.7 Å². The Kier molecular flexibility index (Phi) is 6.79. The van der Waals surface area contributed by atoms with E-state index in [1.54, 1.807) is 24.3 Å².